The normalized spacial score (nSPS) is 29.4. The van der Waals surface area contributed by atoms with E-state index in [1.807, 2.05) is 26.8 Å². The molecule has 2 spiro atoms. The van der Waals surface area contributed by atoms with Crippen molar-refractivity contribution in [1.29, 1.82) is 0 Å². The van der Waals surface area contributed by atoms with Gasteiger partial charge in [0, 0.05) is 43.4 Å². The van der Waals surface area contributed by atoms with E-state index in [9.17, 15) is 27.6 Å². The molecule has 2 aliphatic heterocycles. The summed E-state index contributed by atoms with van der Waals surface area (Å²) in [5, 5.41) is 8.94. The summed E-state index contributed by atoms with van der Waals surface area (Å²) in [5.74, 6) is -3.10. The van der Waals surface area contributed by atoms with Crippen molar-refractivity contribution in [2.75, 3.05) is 19.6 Å². The average molecular weight is 820 g/mol. The van der Waals surface area contributed by atoms with E-state index in [2.05, 4.69) is 46.1 Å². The summed E-state index contributed by atoms with van der Waals surface area (Å²) in [6, 6.07) is 0.462. The number of fused-ring (bicyclic) bond motifs is 1. The summed E-state index contributed by atoms with van der Waals surface area (Å²) < 4.78 is 29.8. The van der Waals surface area contributed by atoms with E-state index < -0.39 is 68.8 Å². The van der Waals surface area contributed by atoms with Gasteiger partial charge in [-0.2, -0.15) is 12.7 Å². The fourth-order valence-corrected chi connectivity index (χ4v) is 12.3. The molecule has 0 aromatic carbocycles. The molecule has 4 N–H and O–H groups in total. The van der Waals surface area contributed by atoms with Crippen molar-refractivity contribution >= 4 is 39.7 Å². The molecule has 3 saturated carbocycles. The molecular weight excluding hydrogens is 759 g/mol. The molecule has 6 unspecified atom stereocenters. The molecular formula is C43H61N7O7S. The topological polar surface area (TPSA) is 187 Å². The maximum Gasteiger partial charge on any atom is 0.303 e. The van der Waals surface area contributed by atoms with Crippen LogP contribution in [0.4, 0.5) is 0 Å². The first kappa shape index (κ1) is 42.0. The largest absolute Gasteiger partial charge is 0.342 e. The lowest BCUT2D eigenvalue weighted by Crippen LogP contribution is -2.62. The summed E-state index contributed by atoms with van der Waals surface area (Å²) in [6.07, 6.45) is 15.1. The van der Waals surface area contributed by atoms with E-state index in [-0.39, 0.29) is 35.0 Å². The molecule has 1 aromatic heterocycles. The van der Waals surface area contributed by atoms with E-state index >= 15 is 4.79 Å². The van der Waals surface area contributed by atoms with Crippen LogP contribution in [0.3, 0.4) is 0 Å². The number of pyridine rings is 1. The van der Waals surface area contributed by atoms with Gasteiger partial charge in [-0.05, 0) is 104 Å². The molecule has 15 heteroatoms. The molecule has 58 heavy (non-hydrogen) atoms. The van der Waals surface area contributed by atoms with Crippen LogP contribution in [0.5, 0.6) is 0 Å². The van der Waals surface area contributed by atoms with Crippen LogP contribution >= 0.6 is 0 Å². The number of amides is 5. The molecule has 6 atom stereocenters. The highest BCUT2D eigenvalue weighted by molar-refractivity contribution is 7.87. The Balaban J connectivity index is 1.15. The van der Waals surface area contributed by atoms with Gasteiger partial charge in [0.05, 0.1) is 6.42 Å². The molecule has 7 rings (SSSR count). The SMILES string of the molecule is C=CC1CC1(NC(=O)C1CC2(CN1C(=O)C(NC(=O)C(NC(=O)Cc1ccncc1)C1=CCCCC1)C(C)(C)C)C(C)(C)C21CCC1)C(=O)NS(=O)(=O)N1CCCC1. The van der Waals surface area contributed by atoms with Gasteiger partial charge in [0.25, 0.3) is 5.91 Å². The highest BCUT2D eigenvalue weighted by Crippen LogP contribution is 2.88. The predicted molar refractivity (Wildman–Crippen MR) is 217 cm³/mol. The quantitative estimate of drug-likeness (QED) is 0.218. The number of nitrogens with zero attached hydrogens (tertiary/aromatic N) is 3. The second-order valence-corrected chi connectivity index (χ2v) is 20.9. The van der Waals surface area contributed by atoms with Crippen LogP contribution in [-0.2, 0) is 40.6 Å². The first-order chi connectivity index (χ1) is 27.3. The maximum atomic E-state index is 15.2. The van der Waals surface area contributed by atoms with Crippen molar-refractivity contribution < 1.29 is 32.4 Å². The number of likely N-dealkylation sites (tertiary alicyclic amines) is 1. The van der Waals surface area contributed by atoms with Crippen LogP contribution in [0.2, 0.25) is 0 Å². The lowest BCUT2D eigenvalue weighted by atomic mass is 9.73. The Morgan fingerprint density at radius 2 is 1.66 bits per heavy atom. The van der Waals surface area contributed by atoms with Crippen LogP contribution in [0.25, 0.3) is 0 Å². The number of nitrogens with one attached hydrogen (secondary N) is 4. The van der Waals surface area contributed by atoms with E-state index in [4.69, 9.17) is 0 Å². The second-order valence-electron chi connectivity index (χ2n) is 19.2. The third kappa shape index (κ3) is 7.17. The zero-order chi connectivity index (χ0) is 41.9. The smallest absolute Gasteiger partial charge is 0.303 e. The molecule has 0 radical (unpaired) electrons. The minimum Gasteiger partial charge on any atom is -0.342 e. The lowest BCUT2D eigenvalue weighted by Gasteiger charge is -2.37. The molecule has 2 saturated heterocycles. The fraction of sp³-hybridized carbons (Fsp3) is 0.674. The Kier molecular flexibility index (Phi) is 11.0. The summed E-state index contributed by atoms with van der Waals surface area (Å²) in [4.78, 5) is 77.1. The van der Waals surface area contributed by atoms with Crippen LogP contribution in [0.15, 0.2) is 48.8 Å². The Hall–Kier alpha value is -4.11. The molecule has 5 fully saturated rings. The predicted octanol–water partition coefficient (Wildman–Crippen LogP) is 3.46. The van der Waals surface area contributed by atoms with Gasteiger partial charge in [-0.1, -0.05) is 53.2 Å². The number of carbonyl (C=O) groups is 5. The van der Waals surface area contributed by atoms with Gasteiger partial charge < -0.3 is 20.9 Å². The van der Waals surface area contributed by atoms with Gasteiger partial charge in [0.15, 0.2) is 0 Å². The van der Waals surface area contributed by atoms with Gasteiger partial charge in [-0.15, -0.1) is 6.58 Å². The second kappa shape index (κ2) is 15.2. The Bertz CT molecular complexity index is 1990. The van der Waals surface area contributed by atoms with Crippen LogP contribution < -0.4 is 20.7 Å². The molecule has 6 aliphatic rings. The van der Waals surface area contributed by atoms with Crippen molar-refractivity contribution in [2.24, 2.45) is 27.6 Å². The highest BCUT2D eigenvalue weighted by atomic mass is 32.2. The molecule has 5 amide bonds. The minimum absolute atomic E-state index is 0.0339. The molecule has 3 heterocycles. The van der Waals surface area contributed by atoms with Gasteiger partial charge in [0.2, 0.25) is 23.6 Å². The van der Waals surface area contributed by atoms with Gasteiger partial charge in [0.1, 0.15) is 23.7 Å². The zero-order valence-electron chi connectivity index (χ0n) is 34.7. The molecule has 316 valence electrons. The van der Waals surface area contributed by atoms with Crippen LogP contribution in [0, 0.1) is 27.6 Å². The standard InChI is InChI=1S/C43H61N7O7S/c1-7-30-25-43(30,38(55)48-58(56,57)49-22-11-12-23-49)47-35(52)31-26-42(40(5,6)41(42)18-13-19-41)27-50(31)37(54)34(39(2,3)4)46-36(53)33(29-14-9-8-10-15-29)45-32(51)24-28-16-20-44-21-17-28/h7,14,16-17,20-21,30-31,33-34H,1,8-13,15,18-19,22-27H2,2-6H3,(H,45,51)(H,46,53)(H,47,52)(H,48,55). The fourth-order valence-electron chi connectivity index (χ4n) is 11.0. The first-order valence-corrected chi connectivity index (χ1v) is 22.5. The number of carbonyl (C=O) groups excluding carboxylic acids is 5. The summed E-state index contributed by atoms with van der Waals surface area (Å²) in [7, 11) is -4.12. The Morgan fingerprint density at radius 3 is 2.21 bits per heavy atom. The third-order valence-corrected chi connectivity index (χ3v) is 16.3. The van der Waals surface area contributed by atoms with E-state index in [0.29, 0.717) is 45.3 Å². The minimum atomic E-state index is -4.12. The van der Waals surface area contributed by atoms with Gasteiger partial charge >= 0.3 is 10.2 Å². The van der Waals surface area contributed by atoms with Crippen molar-refractivity contribution in [3.8, 4) is 0 Å². The molecule has 0 bridgehead atoms. The van der Waals surface area contributed by atoms with Gasteiger partial charge in [-0.3, -0.25) is 29.0 Å². The van der Waals surface area contributed by atoms with Crippen LogP contribution in [0.1, 0.15) is 111 Å². The summed E-state index contributed by atoms with van der Waals surface area (Å²) in [6.45, 7) is 14.8. The summed E-state index contributed by atoms with van der Waals surface area (Å²) >= 11 is 0. The first-order valence-electron chi connectivity index (χ1n) is 21.1. The highest BCUT2D eigenvalue weighted by Gasteiger charge is 2.85. The number of rotatable bonds is 13. The van der Waals surface area contributed by atoms with Crippen molar-refractivity contribution in [1.82, 2.24) is 34.9 Å². The van der Waals surface area contributed by atoms with Crippen molar-refractivity contribution in [3.05, 3.63) is 54.4 Å². The molecule has 4 aliphatic carbocycles. The number of hydrogen-bond donors (Lipinski definition) is 4. The van der Waals surface area contributed by atoms with Crippen molar-refractivity contribution in [3.63, 3.8) is 0 Å². The van der Waals surface area contributed by atoms with E-state index in [1.54, 1.807) is 35.5 Å². The molecule has 1 aromatic rings. The Morgan fingerprint density at radius 1 is 0.966 bits per heavy atom. The average Bonchev–Trinajstić information content (AvgIpc) is 3.62. The monoisotopic (exact) mass is 819 g/mol. The van der Waals surface area contributed by atoms with Crippen molar-refractivity contribution in [2.45, 2.75) is 135 Å². The molecule has 14 nitrogen and oxygen atoms in total. The van der Waals surface area contributed by atoms with E-state index in [1.165, 1.54) is 4.31 Å². The number of allylic oxidation sites excluding steroid dienone is 1. The summed E-state index contributed by atoms with van der Waals surface area (Å²) in [5.41, 5.74) is -1.33. The lowest BCUT2D eigenvalue weighted by molar-refractivity contribution is -0.144. The maximum absolute atomic E-state index is 15.2. The van der Waals surface area contributed by atoms with Crippen LogP contribution in [-0.4, -0.2) is 95.4 Å². The number of hydrogen-bond acceptors (Lipinski definition) is 8. The number of aromatic nitrogens is 1. The zero-order valence-corrected chi connectivity index (χ0v) is 35.5. The third-order valence-electron chi connectivity index (χ3n) is 14.9. The van der Waals surface area contributed by atoms with E-state index in [0.717, 1.165) is 49.7 Å². The Labute approximate surface area is 343 Å². The van der Waals surface area contributed by atoms with Gasteiger partial charge in [-0.25, -0.2) is 4.72 Å².